The average molecular weight is 208 g/mol. The number of hydrogen-bond donors (Lipinski definition) is 1. The summed E-state index contributed by atoms with van der Waals surface area (Å²) in [7, 11) is 0. The molecule has 0 aliphatic heterocycles. The lowest BCUT2D eigenvalue weighted by Crippen LogP contribution is -1.99. The highest BCUT2D eigenvalue weighted by atomic mass is 32.1. The van der Waals surface area contributed by atoms with Crippen LogP contribution in [0.2, 0.25) is 0 Å². The van der Waals surface area contributed by atoms with Crippen LogP contribution in [-0.2, 0) is 0 Å². The summed E-state index contributed by atoms with van der Waals surface area (Å²) >= 11 is 1.48. The van der Waals surface area contributed by atoms with Crippen molar-refractivity contribution in [2.45, 2.75) is 19.9 Å². The molecule has 2 heterocycles. The monoisotopic (exact) mass is 208 g/mol. The van der Waals surface area contributed by atoms with E-state index in [1.54, 1.807) is 6.20 Å². The Balaban J connectivity index is 2.33. The van der Waals surface area contributed by atoms with E-state index in [0.29, 0.717) is 11.2 Å². The minimum Gasteiger partial charge on any atom is -0.375 e. The Labute approximate surface area is 86.4 Å². The van der Waals surface area contributed by atoms with Crippen molar-refractivity contribution in [1.82, 2.24) is 14.8 Å². The van der Waals surface area contributed by atoms with Crippen molar-refractivity contribution in [3.63, 3.8) is 0 Å². The predicted octanol–water partition coefficient (Wildman–Crippen LogP) is 2.17. The predicted molar refractivity (Wildman–Crippen MR) is 58.1 cm³/mol. The molecule has 0 aliphatic carbocycles. The third kappa shape index (κ3) is 1.63. The summed E-state index contributed by atoms with van der Waals surface area (Å²) in [6.45, 7) is 4.19. The zero-order chi connectivity index (χ0) is 10.1. The summed E-state index contributed by atoms with van der Waals surface area (Å²) in [5.41, 5.74) is 6.64. The number of hydrogen-bond acceptors (Lipinski definition) is 4. The van der Waals surface area contributed by atoms with Gasteiger partial charge in [-0.1, -0.05) is 11.3 Å². The Hall–Kier alpha value is -1.36. The smallest absolute Gasteiger partial charge is 0.180 e. The van der Waals surface area contributed by atoms with Crippen LogP contribution >= 0.6 is 11.3 Å². The molecular formula is C9H12N4S. The second-order valence-corrected chi connectivity index (χ2v) is 4.43. The van der Waals surface area contributed by atoms with Crippen LogP contribution < -0.4 is 5.73 Å². The molecule has 2 N–H and O–H groups in total. The van der Waals surface area contributed by atoms with E-state index in [2.05, 4.69) is 23.9 Å². The van der Waals surface area contributed by atoms with Gasteiger partial charge in [0.25, 0.3) is 0 Å². The van der Waals surface area contributed by atoms with Crippen LogP contribution in [-0.4, -0.2) is 14.8 Å². The molecule has 4 nitrogen and oxygen atoms in total. The van der Waals surface area contributed by atoms with Crippen molar-refractivity contribution in [2.24, 2.45) is 0 Å². The first-order valence-corrected chi connectivity index (χ1v) is 5.24. The van der Waals surface area contributed by atoms with Crippen molar-refractivity contribution in [2.75, 3.05) is 5.73 Å². The molecule has 0 fully saturated rings. The standard InChI is InChI=1S/C9H12N4S/c1-6(2)13-5-7(3-12-13)8-4-11-9(10)14-8/h3-6H,1-2H3,(H2,10,11). The first kappa shape index (κ1) is 9.21. The number of rotatable bonds is 2. The largest absolute Gasteiger partial charge is 0.375 e. The normalized spacial score (nSPS) is 11.1. The van der Waals surface area contributed by atoms with E-state index >= 15 is 0 Å². The van der Waals surface area contributed by atoms with E-state index < -0.39 is 0 Å². The van der Waals surface area contributed by atoms with E-state index in [1.807, 2.05) is 17.1 Å². The Bertz CT molecular complexity index is 429. The lowest BCUT2D eigenvalue weighted by molar-refractivity contribution is 0.532. The fourth-order valence-corrected chi connectivity index (χ4v) is 1.83. The number of anilines is 1. The van der Waals surface area contributed by atoms with Crippen molar-refractivity contribution in [1.29, 1.82) is 0 Å². The fraction of sp³-hybridized carbons (Fsp3) is 0.333. The van der Waals surface area contributed by atoms with Gasteiger partial charge in [0, 0.05) is 24.0 Å². The summed E-state index contributed by atoms with van der Waals surface area (Å²) in [4.78, 5) is 5.07. The molecule has 0 saturated heterocycles. The topological polar surface area (TPSA) is 56.7 Å². The summed E-state index contributed by atoms with van der Waals surface area (Å²) in [5, 5.41) is 4.85. The van der Waals surface area contributed by atoms with E-state index in [4.69, 9.17) is 5.73 Å². The van der Waals surface area contributed by atoms with Crippen LogP contribution in [0.3, 0.4) is 0 Å². The Morgan fingerprint density at radius 3 is 2.71 bits per heavy atom. The van der Waals surface area contributed by atoms with Gasteiger partial charge in [-0.15, -0.1) is 0 Å². The highest BCUT2D eigenvalue weighted by Crippen LogP contribution is 2.27. The first-order valence-electron chi connectivity index (χ1n) is 4.42. The Morgan fingerprint density at radius 1 is 1.43 bits per heavy atom. The van der Waals surface area contributed by atoms with Gasteiger partial charge in [0.2, 0.25) is 0 Å². The van der Waals surface area contributed by atoms with Gasteiger partial charge >= 0.3 is 0 Å². The van der Waals surface area contributed by atoms with E-state index in [-0.39, 0.29) is 0 Å². The molecule has 2 rings (SSSR count). The molecular weight excluding hydrogens is 196 g/mol. The first-order chi connectivity index (χ1) is 6.66. The minimum absolute atomic E-state index is 0.383. The third-order valence-corrected chi connectivity index (χ3v) is 2.81. The van der Waals surface area contributed by atoms with Crippen LogP contribution in [0.25, 0.3) is 10.4 Å². The average Bonchev–Trinajstić information content (AvgIpc) is 2.70. The van der Waals surface area contributed by atoms with Gasteiger partial charge in [-0.2, -0.15) is 5.10 Å². The van der Waals surface area contributed by atoms with Crippen molar-refractivity contribution >= 4 is 16.5 Å². The molecule has 74 valence electrons. The number of aromatic nitrogens is 3. The van der Waals surface area contributed by atoms with Crippen LogP contribution in [0.15, 0.2) is 18.6 Å². The lowest BCUT2D eigenvalue weighted by atomic mass is 10.3. The highest BCUT2D eigenvalue weighted by Gasteiger charge is 2.06. The molecule has 2 aromatic rings. The number of nitrogens with two attached hydrogens (primary N) is 1. The second-order valence-electron chi connectivity index (χ2n) is 3.37. The maximum absolute atomic E-state index is 5.56. The molecule has 2 aromatic heterocycles. The molecule has 0 aliphatic rings. The zero-order valence-electron chi connectivity index (χ0n) is 8.14. The van der Waals surface area contributed by atoms with Gasteiger partial charge in [0.05, 0.1) is 11.1 Å². The molecule has 0 bridgehead atoms. The number of nitrogens with zero attached hydrogens (tertiary/aromatic N) is 3. The van der Waals surface area contributed by atoms with Crippen LogP contribution in [0.4, 0.5) is 5.13 Å². The Kier molecular flexibility index (Phi) is 2.25. The van der Waals surface area contributed by atoms with Crippen LogP contribution in [0, 0.1) is 0 Å². The minimum atomic E-state index is 0.383. The van der Waals surface area contributed by atoms with E-state index in [9.17, 15) is 0 Å². The molecule has 0 atom stereocenters. The van der Waals surface area contributed by atoms with E-state index in [0.717, 1.165) is 10.4 Å². The third-order valence-electron chi connectivity index (χ3n) is 1.94. The van der Waals surface area contributed by atoms with Gasteiger partial charge in [-0.25, -0.2) is 4.98 Å². The molecule has 0 radical (unpaired) electrons. The molecule has 0 spiro atoms. The van der Waals surface area contributed by atoms with Gasteiger partial charge < -0.3 is 5.73 Å². The summed E-state index contributed by atoms with van der Waals surface area (Å²) in [6, 6.07) is 0.383. The zero-order valence-corrected chi connectivity index (χ0v) is 8.95. The van der Waals surface area contributed by atoms with Gasteiger partial charge in [0.15, 0.2) is 5.13 Å². The Morgan fingerprint density at radius 2 is 2.21 bits per heavy atom. The van der Waals surface area contributed by atoms with Gasteiger partial charge in [-0.3, -0.25) is 4.68 Å². The summed E-state index contributed by atoms with van der Waals surface area (Å²) in [6.07, 6.45) is 5.63. The molecule has 0 aromatic carbocycles. The van der Waals surface area contributed by atoms with Gasteiger partial charge in [0.1, 0.15) is 0 Å². The number of nitrogen functional groups attached to an aromatic ring is 1. The number of thiazole rings is 1. The highest BCUT2D eigenvalue weighted by molar-refractivity contribution is 7.18. The quantitative estimate of drug-likeness (QED) is 0.822. The van der Waals surface area contributed by atoms with E-state index in [1.165, 1.54) is 11.3 Å². The SMILES string of the molecule is CC(C)n1cc(-c2cnc(N)s2)cn1. The molecule has 14 heavy (non-hydrogen) atoms. The van der Waals surface area contributed by atoms with Crippen molar-refractivity contribution < 1.29 is 0 Å². The fourth-order valence-electron chi connectivity index (χ4n) is 1.17. The van der Waals surface area contributed by atoms with Crippen molar-refractivity contribution in [3.05, 3.63) is 18.6 Å². The molecule has 0 saturated carbocycles. The maximum atomic E-state index is 5.56. The lowest BCUT2D eigenvalue weighted by Gasteiger charge is -2.02. The molecule has 5 heteroatoms. The molecule has 0 amide bonds. The van der Waals surface area contributed by atoms with Gasteiger partial charge in [-0.05, 0) is 13.8 Å². The molecule has 0 unspecified atom stereocenters. The summed E-state index contributed by atoms with van der Waals surface area (Å²) in [5.74, 6) is 0. The van der Waals surface area contributed by atoms with Crippen LogP contribution in [0.1, 0.15) is 19.9 Å². The van der Waals surface area contributed by atoms with Crippen LogP contribution in [0.5, 0.6) is 0 Å². The van der Waals surface area contributed by atoms with Crippen molar-refractivity contribution in [3.8, 4) is 10.4 Å². The summed E-state index contributed by atoms with van der Waals surface area (Å²) < 4.78 is 1.92. The second kappa shape index (κ2) is 3.42. The maximum Gasteiger partial charge on any atom is 0.180 e.